The Kier molecular flexibility index (Phi) is 3.97. The number of halogens is 3. The van der Waals surface area contributed by atoms with Gasteiger partial charge >= 0.3 is 0 Å². The molecule has 1 aromatic carbocycles. The summed E-state index contributed by atoms with van der Waals surface area (Å²) in [6, 6.07) is 4.59. The highest BCUT2D eigenvalue weighted by atomic mass is 35.5. The smallest absolute Gasteiger partial charge is 0.129 e. The molecule has 0 fully saturated rings. The summed E-state index contributed by atoms with van der Waals surface area (Å²) in [7, 11) is 0. The Balaban J connectivity index is 2.19. The standard InChI is InChI=1S/C11H10Cl2FN3/c12-5-4-8-6-17(16-15-8)7-9-10(13)2-1-3-11(9)14/h1-3,6H,4-5,7H2. The first-order chi connectivity index (χ1) is 8.20. The Morgan fingerprint density at radius 2 is 2.18 bits per heavy atom. The second kappa shape index (κ2) is 5.47. The molecule has 90 valence electrons. The number of alkyl halides is 1. The van der Waals surface area contributed by atoms with Crippen LogP contribution in [0.5, 0.6) is 0 Å². The second-order valence-electron chi connectivity index (χ2n) is 3.55. The normalized spacial score (nSPS) is 10.8. The summed E-state index contributed by atoms with van der Waals surface area (Å²) in [5, 5.41) is 8.21. The summed E-state index contributed by atoms with van der Waals surface area (Å²) in [6.07, 6.45) is 2.39. The number of aryl methyl sites for hydroxylation is 1. The Hall–Kier alpha value is -1.13. The van der Waals surface area contributed by atoms with Crippen LogP contribution in [0.25, 0.3) is 0 Å². The number of nitrogens with zero attached hydrogens (tertiary/aromatic N) is 3. The van der Waals surface area contributed by atoms with Crippen LogP contribution in [0.1, 0.15) is 11.3 Å². The highest BCUT2D eigenvalue weighted by Crippen LogP contribution is 2.19. The number of hydrogen-bond acceptors (Lipinski definition) is 2. The molecular formula is C11H10Cl2FN3. The predicted molar refractivity (Wildman–Crippen MR) is 65.0 cm³/mol. The average Bonchev–Trinajstić information content (AvgIpc) is 2.72. The van der Waals surface area contributed by atoms with Gasteiger partial charge < -0.3 is 0 Å². The molecule has 0 N–H and O–H groups in total. The van der Waals surface area contributed by atoms with Gasteiger partial charge in [-0.2, -0.15) is 0 Å². The van der Waals surface area contributed by atoms with Crippen LogP contribution in [0.4, 0.5) is 4.39 Å². The van der Waals surface area contributed by atoms with Crippen LogP contribution >= 0.6 is 23.2 Å². The van der Waals surface area contributed by atoms with Crippen LogP contribution in [0, 0.1) is 5.82 Å². The van der Waals surface area contributed by atoms with Crippen LogP contribution in [0.2, 0.25) is 5.02 Å². The van der Waals surface area contributed by atoms with Crippen LogP contribution in [-0.2, 0) is 13.0 Å². The van der Waals surface area contributed by atoms with E-state index >= 15 is 0 Å². The lowest BCUT2D eigenvalue weighted by atomic mass is 10.2. The van der Waals surface area contributed by atoms with Gasteiger partial charge in [-0.1, -0.05) is 22.9 Å². The molecule has 0 saturated carbocycles. The minimum absolute atomic E-state index is 0.265. The summed E-state index contributed by atoms with van der Waals surface area (Å²) in [4.78, 5) is 0. The van der Waals surface area contributed by atoms with Crippen LogP contribution < -0.4 is 0 Å². The third-order valence-electron chi connectivity index (χ3n) is 2.32. The van der Waals surface area contributed by atoms with E-state index in [2.05, 4.69) is 10.3 Å². The summed E-state index contributed by atoms with van der Waals surface area (Å²) in [5.74, 6) is 0.144. The molecule has 2 rings (SSSR count). The van der Waals surface area contributed by atoms with Gasteiger partial charge in [0.15, 0.2) is 0 Å². The second-order valence-corrected chi connectivity index (χ2v) is 4.33. The van der Waals surface area contributed by atoms with E-state index in [1.807, 2.05) is 0 Å². The van der Waals surface area contributed by atoms with Gasteiger partial charge in [0.05, 0.1) is 12.2 Å². The van der Waals surface area contributed by atoms with Crippen molar-refractivity contribution in [2.24, 2.45) is 0 Å². The molecule has 1 heterocycles. The fraction of sp³-hybridized carbons (Fsp3) is 0.273. The number of aromatic nitrogens is 3. The molecule has 0 radical (unpaired) electrons. The Morgan fingerprint density at radius 1 is 1.35 bits per heavy atom. The minimum Gasteiger partial charge on any atom is -0.248 e. The first-order valence-corrected chi connectivity index (χ1v) is 6.00. The molecule has 0 atom stereocenters. The Bertz CT molecular complexity index is 493. The van der Waals surface area contributed by atoms with Crippen LogP contribution in [0.15, 0.2) is 24.4 Å². The summed E-state index contributed by atoms with van der Waals surface area (Å²) < 4.78 is 15.1. The topological polar surface area (TPSA) is 30.7 Å². The Morgan fingerprint density at radius 3 is 2.88 bits per heavy atom. The van der Waals surface area contributed by atoms with E-state index < -0.39 is 0 Å². The van der Waals surface area contributed by atoms with Gasteiger partial charge in [-0.05, 0) is 12.1 Å². The Labute approximate surface area is 108 Å². The lowest BCUT2D eigenvalue weighted by molar-refractivity contribution is 0.577. The van der Waals surface area contributed by atoms with E-state index in [1.165, 1.54) is 6.07 Å². The van der Waals surface area contributed by atoms with Crippen molar-refractivity contribution in [2.75, 3.05) is 5.88 Å². The van der Waals surface area contributed by atoms with Gasteiger partial charge in [-0.3, -0.25) is 0 Å². The van der Waals surface area contributed by atoms with Crippen molar-refractivity contribution in [3.05, 3.63) is 46.5 Å². The van der Waals surface area contributed by atoms with Crippen molar-refractivity contribution in [1.82, 2.24) is 15.0 Å². The van der Waals surface area contributed by atoms with Crippen molar-refractivity contribution in [2.45, 2.75) is 13.0 Å². The van der Waals surface area contributed by atoms with Crippen molar-refractivity contribution < 1.29 is 4.39 Å². The van der Waals surface area contributed by atoms with Gasteiger partial charge in [0.25, 0.3) is 0 Å². The molecule has 6 heteroatoms. The maximum atomic E-state index is 13.5. The summed E-state index contributed by atoms with van der Waals surface area (Å²) >= 11 is 11.5. The van der Waals surface area contributed by atoms with E-state index in [1.54, 1.807) is 23.0 Å². The van der Waals surface area contributed by atoms with E-state index in [4.69, 9.17) is 23.2 Å². The van der Waals surface area contributed by atoms with Gasteiger partial charge in [0.1, 0.15) is 5.82 Å². The number of benzene rings is 1. The molecule has 17 heavy (non-hydrogen) atoms. The molecule has 0 spiro atoms. The van der Waals surface area contributed by atoms with Crippen LogP contribution in [0.3, 0.4) is 0 Å². The van der Waals surface area contributed by atoms with Crippen LogP contribution in [-0.4, -0.2) is 20.9 Å². The SMILES string of the molecule is Fc1cccc(Cl)c1Cn1cc(CCCl)nn1. The highest BCUT2D eigenvalue weighted by molar-refractivity contribution is 6.31. The highest BCUT2D eigenvalue weighted by Gasteiger charge is 2.09. The quantitative estimate of drug-likeness (QED) is 0.802. The van der Waals surface area contributed by atoms with Crippen molar-refractivity contribution in [3.8, 4) is 0 Å². The minimum atomic E-state index is -0.341. The molecule has 0 bridgehead atoms. The molecule has 0 aliphatic carbocycles. The fourth-order valence-corrected chi connectivity index (χ4v) is 1.89. The molecular weight excluding hydrogens is 264 g/mol. The first kappa shape index (κ1) is 12.3. The van der Waals surface area contributed by atoms with E-state index in [0.29, 0.717) is 22.9 Å². The van der Waals surface area contributed by atoms with E-state index in [-0.39, 0.29) is 12.4 Å². The summed E-state index contributed by atoms with van der Waals surface area (Å²) in [6.45, 7) is 0.265. The zero-order valence-electron chi connectivity index (χ0n) is 8.91. The molecule has 3 nitrogen and oxygen atoms in total. The molecule has 0 amide bonds. The van der Waals surface area contributed by atoms with Crippen molar-refractivity contribution in [1.29, 1.82) is 0 Å². The maximum absolute atomic E-state index is 13.5. The monoisotopic (exact) mass is 273 g/mol. The van der Waals surface area contributed by atoms with Gasteiger partial charge in [0.2, 0.25) is 0 Å². The van der Waals surface area contributed by atoms with Gasteiger partial charge in [-0.25, -0.2) is 9.07 Å². The molecule has 1 aromatic heterocycles. The summed E-state index contributed by atoms with van der Waals surface area (Å²) in [5.41, 5.74) is 1.20. The maximum Gasteiger partial charge on any atom is 0.129 e. The third-order valence-corrected chi connectivity index (χ3v) is 2.86. The van der Waals surface area contributed by atoms with Crippen molar-refractivity contribution in [3.63, 3.8) is 0 Å². The van der Waals surface area contributed by atoms with Crippen molar-refractivity contribution >= 4 is 23.2 Å². The third kappa shape index (κ3) is 2.96. The molecule has 0 saturated heterocycles. The lowest BCUT2D eigenvalue weighted by Gasteiger charge is -2.04. The van der Waals surface area contributed by atoms with Gasteiger partial charge in [0, 0.05) is 29.1 Å². The van der Waals surface area contributed by atoms with Gasteiger partial charge in [-0.15, -0.1) is 16.7 Å². The first-order valence-electron chi connectivity index (χ1n) is 5.08. The molecule has 0 aliphatic rings. The molecule has 2 aromatic rings. The van der Waals surface area contributed by atoms with E-state index in [0.717, 1.165) is 5.69 Å². The number of rotatable bonds is 4. The average molecular weight is 274 g/mol. The molecule has 0 unspecified atom stereocenters. The largest absolute Gasteiger partial charge is 0.248 e. The number of hydrogen-bond donors (Lipinski definition) is 0. The predicted octanol–water partition coefficient (Wildman–Crippen LogP) is 2.90. The van der Waals surface area contributed by atoms with E-state index in [9.17, 15) is 4.39 Å². The zero-order valence-corrected chi connectivity index (χ0v) is 10.4. The molecule has 0 aliphatic heterocycles. The lowest BCUT2D eigenvalue weighted by Crippen LogP contribution is -2.03. The fourth-order valence-electron chi connectivity index (χ4n) is 1.47. The zero-order chi connectivity index (χ0) is 12.3.